The van der Waals surface area contributed by atoms with Gasteiger partial charge in [0.2, 0.25) is 5.91 Å². The Morgan fingerprint density at radius 1 is 1.58 bits per heavy atom. The van der Waals surface area contributed by atoms with Crippen LogP contribution in [0.4, 0.5) is 11.4 Å². The Kier molecular flexibility index (Phi) is 5.25. The zero-order chi connectivity index (χ0) is 14.4. The zero-order valence-electron chi connectivity index (χ0n) is 10.9. The molecule has 0 aliphatic rings. The number of benzene rings is 1. The van der Waals surface area contributed by atoms with E-state index in [1.807, 2.05) is 6.92 Å². The molecule has 1 atom stereocenters. The van der Waals surface area contributed by atoms with Gasteiger partial charge in [-0.3, -0.25) is 14.9 Å². The lowest BCUT2D eigenvalue weighted by Crippen LogP contribution is -2.24. The van der Waals surface area contributed by atoms with Crippen molar-refractivity contribution in [3.63, 3.8) is 0 Å². The van der Waals surface area contributed by atoms with Crippen molar-refractivity contribution in [2.75, 3.05) is 19.0 Å². The number of nitrogens with zero attached hydrogens (tertiary/aromatic N) is 1. The van der Waals surface area contributed by atoms with Gasteiger partial charge in [0.05, 0.1) is 11.5 Å². The van der Waals surface area contributed by atoms with Gasteiger partial charge in [-0.15, -0.1) is 0 Å². The molecule has 1 amide bonds. The van der Waals surface area contributed by atoms with Crippen LogP contribution in [0, 0.1) is 10.1 Å². The third-order valence-corrected chi connectivity index (χ3v) is 2.70. The topological polar surface area (TPSA) is 107 Å². The quantitative estimate of drug-likeness (QED) is 0.575. The summed E-state index contributed by atoms with van der Waals surface area (Å²) < 4.78 is 5.02. The van der Waals surface area contributed by atoms with Crippen molar-refractivity contribution in [2.45, 2.75) is 19.4 Å². The van der Waals surface area contributed by atoms with Crippen LogP contribution in [-0.2, 0) is 4.74 Å². The van der Waals surface area contributed by atoms with E-state index in [-0.39, 0.29) is 23.0 Å². The van der Waals surface area contributed by atoms with Crippen LogP contribution in [0.1, 0.15) is 23.7 Å². The summed E-state index contributed by atoms with van der Waals surface area (Å²) in [6.07, 6.45) is 0.728. The normalized spacial score (nSPS) is 11.9. The molecule has 0 heterocycles. The molecule has 0 aliphatic heterocycles. The largest absolute Gasteiger partial charge is 0.383 e. The maximum atomic E-state index is 11.1. The average molecular weight is 267 g/mol. The number of nitrogens with one attached hydrogen (secondary N) is 1. The molecule has 0 saturated carbocycles. The third-order valence-electron chi connectivity index (χ3n) is 2.70. The second-order valence-electron chi connectivity index (χ2n) is 4.06. The highest BCUT2D eigenvalue weighted by Crippen LogP contribution is 2.26. The molecule has 0 spiro atoms. The fraction of sp³-hybridized carbons (Fsp3) is 0.417. The van der Waals surface area contributed by atoms with Crippen LogP contribution in [0.3, 0.4) is 0 Å². The lowest BCUT2D eigenvalue weighted by Gasteiger charge is -2.17. The molecule has 1 aromatic rings. The highest BCUT2D eigenvalue weighted by Gasteiger charge is 2.18. The number of primary amides is 1. The zero-order valence-corrected chi connectivity index (χ0v) is 10.9. The molecule has 1 unspecified atom stereocenters. The molecule has 1 aromatic carbocycles. The van der Waals surface area contributed by atoms with Crippen molar-refractivity contribution < 1.29 is 14.5 Å². The number of carbonyl (C=O) groups excluding carboxylic acids is 1. The van der Waals surface area contributed by atoms with Crippen LogP contribution < -0.4 is 11.1 Å². The van der Waals surface area contributed by atoms with Crippen molar-refractivity contribution in [1.29, 1.82) is 0 Å². The Labute approximate surface area is 110 Å². The summed E-state index contributed by atoms with van der Waals surface area (Å²) >= 11 is 0. The first kappa shape index (κ1) is 14.9. The van der Waals surface area contributed by atoms with E-state index in [0.717, 1.165) is 6.42 Å². The molecule has 0 fully saturated rings. The van der Waals surface area contributed by atoms with E-state index in [4.69, 9.17) is 10.5 Å². The number of amides is 1. The molecule has 0 aromatic heterocycles. The standard InChI is InChI=1S/C12H17N3O4/c1-3-9(7-19-2)14-10-6-8(12(13)16)4-5-11(10)15(17)18/h4-6,9,14H,3,7H2,1-2H3,(H2,13,16). The second-order valence-corrected chi connectivity index (χ2v) is 4.06. The molecule has 7 nitrogen and oxygen atoms in total. The van der Waals surface area contributed by atoms with E-state index in [1.165, 1.54) is 18.2 Å². The number of hydrogen-bond donors (Lipinski definition) is 2. The van der Waals surface area contributed by atoms with Gasteiger partial charge in [-0.05, 0) is 18.6 Å². The Bertz CT molecular complexity index is 476. The molecule has 19 heavy (non-hydrogen) atoms. The number of anilines is 1. The molecule has 0 aliphatic carbocycles. The minimum Gasteiger partial charge on any atom is -0.383 e. The van der Waals surface area contributed by atoms with Crippen molar-refractivity contribution >= 4 is 17.3 Å². The average Bonchev–Trinajstić information content (AvgIpc) is 2.37. The summed E-state index contributed by atoms with van der Waals surface area (Å²) in [5.74, 6) is -0.627. The first-order valence-electron chi connectivity index (χ1n) is 5.83. The number of methoxy groups -OCH3 is 1. The van der Waals surface area contributed by atoms with E-state index in [0.29, 0.717) is 6.61 Å². The van der Waals surface area contributed by atoms with Crippen LogP contribution in [0.15, 0.2) is 18.2 Å². The van der Waals surface area contributed by atoms with E-state index < -0.39 is 10.8 Å². The predicted molar refractivity (Wildman–Crippen MR) is 71.2 cm³/mol. The highest BCUT2D eigenvalue weighted by molar-refractivity contribution is 5.94. The summed E-state index contributed by atoms with van der Waals surface area (Å²) in [6, 6.07) is 3.91. The van der Waals surface area contributed by atoms with E-state index in [9.17, 15) is 14.9 Å². The van der Waals surface area contributed by atoms with Gasteiger partial charge in [-0.25, -0.2) is 0 Å². The summed E-state index contributed by atoms with van der Waals surface area (Å²) in [6.45, 7) is 2.34. The van der Waals surface area contributed by atoms with Gasteiger partial charge in [0.25, 0.3) is 5.69 Å². The summed E-state index contributed by atoms with van der Waals surface area (Å²) in [7, 11) is 1.55. The molecular formula is C12H17N3O4. The Morgan fingerprint density at radius 2 is 2.26 bits per heavy atom. The van der Waals surface area contributed by atoms with E-state index in [2.05, 4.69) is 5.32 Å². The number of nitro benzene ring substituents is 1. The molecule has 3 N–H and O–H groups in total. The molecule has 7 heteroatoms. The van der Waals surface area contributed by atoms with E-state index >= 15 is 0 Å². The number of hydrogen-bond acceptors (Lipinski definition) is 5. The molecule has 104 valence electrons. The van der Waals surface area contributed by atoms with Crippen LogP contribution in [0.5, 0.6) is 0 Å². The number of carbonyl (C=O) groups is 1. The van der Waals surface area contributed by atoms with Gasteiger partial charge in [0, 0.05) is 24.8 Å². The first-order chi connectivity index (χ1) is 8.99. The van der Waals surface area contributed by atoms with Crippen LogP contribution in [0.2, 0.25) is 0 Å². The Hall–Kier alpha value is -2.15. The van der Waals surface area contributed by atoms with Gasteiger partial charge < -0.3 is 15.8 Å². The molecular weight excluding hydrogens is 250 g/mol. The number of nitro groups is 1. The fourth-order valence-electron chi connectivity index (χ4n) is 1.65. The number of ether oxygens (including phenoxy) is 1. The van der Waals surface area contributed by atoms with Gasteiger partial charge >= 0.3 is 0 Å². The van der Waals surface area contributed by atoms with Gasteiger partial charge in [-0.2, -0.15) is 0 Å². The maximum absolute atomic E-state index is 11.1. The summed E-state index contributed by atoms with van der Waals surface area (Å²) in [5, 5.41) is 13.9. The highest BCUT2D eigenvalue weighted by atomic mass is 16.6. The lowest BCUT2D eigenvalue weighted by molar-refractivity contribution is -0.384. The molecule has 0 saturated heterocycles. The van der Waals surface area contributed by atoms with Crippen LogP contribution in [-0.4, -0.2) is 30.6 Å². The number of rotatable bonds is 7. The Morgan fingerprint density at radius 3 is 2.74 bits per heavy atom. The van der Waals surface area contributed by atoms with Crippen LogP contribution in [0.25, 0.3) is 0 Å². The Balaban J connectivity index is 3.09. The molecule has 0 bridgehead atoms. The van der Waals surface area contributed by atoms with Gasteiger partial charge in [0.1, 0.15) is 5.69 Å². The van der Waals surface area contributed by atoms with Gasteiger partial charge in [0.15, 0.2) is 0 Å². The van der Waals surface area contributed by atoms with Gasteiger partial charge in [-0.1, -0.05) is 6.92 Å². The fourth-order valence-corrected chi connectivity index (χ4v) is 1.65. The minimum absolute atomic E-state index is 0.0770. The van der Waals surface area contributed by atoms with Crippen molar-refractivity contribution in [2.24, 2.45) is 5.73 Å². The smallest absolute Gasteiger partial charge is 0.292 e. The van der Waals surface area contributed by atoms with Crippen LogP contribution >= 0.6 is 0 Å². The van der Waals surface area contributed by atoms with Crippen molar-refractivity contribution in [3.05, 3.63) is 33.9 Å². The predicted octanol–water partition coefficient (Wildman–Crippen LogP) is 1.53. The third kappa shape index (κ3) is 3.92. The lowest BCUT2D eigenvalue weighted by atomic mass is 10.1. The maximum Gasteiger partial charge on any atom is 0.292 e. The monoisotopic (exact) mass is 267 g/mol. The van der Waals surface area contributed by atoms with E-state index in [1.54, 1.807) is 7.11 Å². The summed E-state index contributed by atoms with van der Waals surface area (Å²) in [5.41, 5.74) is 5.56. The minimum atomic E-state index is -0.627. The number of nitrogens with two attached hydrogens (primary N) is 1. The SMILES string of the molecule is CCC(COC)Nc1cc(C(N)=O)ccc1[N+](=O)[O-]. The molecule has 1 rings (SSSR count). The molecule has 0 radical (unpaired) electrons. The van der Waals surface area contributed by atoms with Crippen molar-refractivity contribution in [1.82, 2.24) is 0 Å². The second kappa shape index (κ2) is 6.69. The van der Waals surface area contributed by atoms with Crippen molar-refractivity contribution in [3.8, 4) is 0 Å². The summed E-state index contributed by atoms with van der Waals surface area (Å²) in [4.78, 5) is 21.6. The first-order valence-corrected chi connectivity index (χ1v) is 5.83.